The molecule has 0 heterocycles. The van der Waals surface area contributed by atoms with E-state index in [4.69, 9.17) is 0 Å². The van der Waals surface area contributed by atoms with Crippen molar-refractivity contribution in [3.05, 3.63) is 0 Å². The average Bonchev–Trinajstić information content (AvgIpc) is 2.00. The van der Waals surface area contributed by atoms with Gasteiger partial charge in [0.2, 0.25) is 0 Å². The van der Waals surface area contributed by atoms with Gasteiger partial charge in [0.15, 0.2) is 0 Å². The normalized spacial score (nSPS) is 8.91. The third kappa shape index (κ3) is 5.35. The van der Waals surface area contributed by atoms with Crippen LogP contribution in [0, 0.1) is 0 Å². The van der Waals surface area contributed by atoms with Crippen LogP contribution in [-0.2, 0) is 9.53 Å². The second-order valence-corrected chi connectivity index (χ2v) is 2.01. The summed E-state index contributed by atoms with van der Waals surface area (Å²) in [4.78, 5) is 20.9. The number of rotatable bonds is 3. The van der Waals surface area contributed by atoms with E-state index in [-0.39, 0.29) is 6.42 Å². The molecule has 0 aliphatic carbocycles. The Balaban J connectivity index is 3.44. The quantitative estimate of drug-likeness (QED) is 0.204. The summed E-state index contributed by atoms with van der Waals surface area (Å²) in [5.74, 6) is 4.13. The Morgan fingerprint density at radius 1 is 1.55 bits per heavy atom. The van der Waals surface area contributed by atoms with Crippen molar-refractivity contribution in [2.24, 2.45) is 5.84 Å². The van der Waals surface area contributed by atoms with Gasteiger partial charge in [-0.2, -0.15) is 0 Å². The van der Waals surface area contributed by atoms with Crippen molar-refractivity contribution >= 4 is 12.1 Å². The first-order valence-electron chi connectivity index (χ1n) is 3.42. The second kappa shape index (κ2) is 5.67. The van der Waals surface area contributed by atoms with Gasteiger partial charge in [0.1, 0.15) is 0 Å². The lowest BCUT2D eigenvalue weighted by atomic mass is 10.3. The van der Waals surface area contributed by atoms with Gasteiger partial charge in [-0.25, -0.2) is 10.6 Å². The molecule has 0 saturated carbocycles. The molecule has 5 heteroatoms. The van der Waals surface area contributed by atoms with Crippen LogP contribution in [-0.4, -0.2) is 12.1 Å². The maximum Gasteiger partial charge on any atom is 0.429 e. The minimum absolute atomic E-state index is 0.254. The number of nitrogens with one attached hydrogen (secondary N) is 1. The SMILES string of the molecule is CCCCC(=O)OC(=O)NN. The predicted molar refractivity (Wildman–Crippen MR) is 38.3 cm³/mol. The summed E-state index contributed by atoms with van der Waals surface area (Å²) in [6.45, 7) is 1.94. The largest absolute Gasteiger partial charge is 0.429 e. The van der Waals surface area contributed by atoms with E-state index in [1.54, 1.807) is 5.43 Å². The minimum atomic E-state index is -0.911. The highest BCUT2D eigenvalue weighted by Gasteiger charge is 2.06. The zero-order valence-corrected chi connectivity index (χ0v) is 6.42. The Morgan fingerprint density at radius 3 is 2.64 bits per heavy atom. The van der Waals surface area contributed by atoms with Gasteiger partial charge in [-0.3, -0.25) is 10.2 Å². The molecule has 0 saturated heterocycles. The van der Waals surface area contributed by atoms with Crippen molar-refractivity contribution in [2.45, 2.75) is 26.2 Å². The first-order chi connectivity index (χ1) is 5.20. The molecular formula is C6H12N2O3. The zero-order chi connectivity index (χ0) is 8.69. The third-order valence-corrected chi connectivity index (χ3v) is 1.06. The van der Waals surface area contributed by atoms with Gasteiger partial charge in [-0.05, 0) is 6.42 Å². The summed E-state index contributed by atoms with van der Waals surface area (Å²) in [7, 11) is 0. The average molecular weight is 160 g/mol. The van der Waals surface area contributed by atoms with Gasteiger partial charge < -0.3 is 4.74 Å². The van der Waals surface area contributed by atoms with Crippen LogP contribution in [0.5, 0.6) is 0 Å². The van der Waals surface area contributed by atoms with E-state index >= 15 is 0 Å². The molecule has 64 valence electrons. The van der Waals surface area contributed by atoms with Crippen LogP contribution in [0.1, 0.15) is 26.2 Å². The van der Waals surface area contributed by atoms with Crippen LogP contribution in [0.15, 0.2) is 0 Å². The number of hydrazine groups is 1. The van der Waals surface area contributed by atoms with Crippen molar-refractivity contribution in [1.29, 1.82) is 0 Å². The molecule has 0 aromatic rings. The number of esters is 1. The predicted octanol–water partition coefficient (Wildman–Crippen LogP) is 0.303. The Bertz CT molecular complexity index is 147. The molecule has 0 aromatic carbocycles. The van der Waals surface area contributed by atoms with E-state index in [0.29, 0.717) is 0 Å². The summed E-state index contributed by atoms with van der Waals surface area (Å²) < 4.78 is 4.19. The molecule has 0 rings (SSSR count). The fourth-order valence-corrected chi connectivity index (χ4v) is 0.505. The summed E-state index contributed by atoms with van der Waals surface area (Å²) in [5, 5.41) is 0. The molecule has 11 heavy (non-hydrogen) atoms. The first kappa shape index (κ1) is 9.90. The number of carbonyl (C=O) groups excluding carboxylic acids is 2. The standard InChI is InChI=1S/C6H12N2O3/c1-2-3-4-5(9)11-6(10)8-7/h2-4,7H2,1H3,(H,8,10). The second-order valence-electron chi connectivity index (χ2n) is 2.01. The van der Waals surface area contributed by atoms with Crippen molar-refractivity contribution in [2.75, 3.05) is 0 Å². The van der Waals surface area contributed by atoms with Gasteiger partial charge in [0, 0.05) is 6.42 Å². The van der Waals surface area contributed by atoms with E-state index in [2.05, 4.69) is 10.6 Å². The Labute approximate surface area is 64.9 Å². The van der Waals surface area contributed by atoms with Gasteiger partial charge in [0.05, 0.1) is 0 Å². The smallest absolute Gasteiger partial charge is 0.375 e. The number of hydrogen-bond acceptors (Lipinski definition) is 4. The molecule has 1 amide bonds. The maximum absolute atomic E-state index is 10.6. The van der Waals surface area contributed by atoms with E-state index in [0.717, 1.165) is 12.8 Å². The summed E-state index contributed by atoms with van der Waals surface area (Å²) in [5.41, 5.74) is 1.69. The Morgan fingerprint density at radius 2 is 2.18 bits per heavy atom. The number of unbranched alkanes of at least 4 members (excludes halogenated alkanes) is 1. The van der Waals surface area contributed by atoms with Gasteiger partial charge in [-0.15, -0.1) is 0 Å². The monoisotopic (exact) mass is 160 g/mol. The van der Waals surface area contributed by atoms with Crippen LogP contribution in [0.4, 0.5) is 4.79 Å². The summed E-state index contributed by atoms with van der Waals surface area (Å²) >= 11 is 0. The number of ether oxygens (including phenoxy) is 1. The third-order valence-electron chi connectivity index (χ3n) is 1.06. The van der Waals surface area contributed by atoms with E-state index in [1.807, 2.05) is 6.92 Å². The van der Waals surface area contributed by atoms with E-state index in [1.165, 1.54) is 0 Å². The molecule has 0 unspecified atom stereocenters. The van der Waals surface area contributed by atoms with Crippen molar-refractivity contribution in [3.63, 3.8) is 0 Å². The Kier molecular flexibility index (Phi) is 5.10. The molecular weight excluding hydrogens is 148 g/mol. The fourth-order valence-electron chi connectivity index (χ4n) is 0.505. The molecule has 0 aliphatic heterocycles. The molecule has 0 bridgehead atoms. The van der Waals surface area contributed by atoms with E-state index < -0.39 is 12.1 Å². The molecule has 0 aromatic heterocycles. The molecule has 5 nitrogen and oxygen atoms in total. The van der Waals surface area contributed by atoms with Crippen molar-refractivity contribution < 1.29 is 14.3 Å². The van der Waals surface area contributed by atoms with Crippen LogP contribution in [0.3, 0.4) is 0 Å². The fraction of sp³-hybridized carbons (Fsp3) is 0.667. The van der Waals surface area contributed by atoms with Crippen LogP contribution < -0.4 is 11.3 Å². The highest BCUT2D eigenvalue weighted by molar-refractivity contribution is 5.84. The Hall–Kier alpha value is -1.10. The minimum Gasteiger partial charge on any atom is -0.375 e. The zero-order valence-electron chi connectivity index (χ0n) is 6.42. The van der Waals surface area contributed by atoms with E-state index in [9.17, 15) is 9.59 Å². The van der Waals surface area contributed by atoms with Gasteiger partial charge >= 0.3 is 12.1 Å². The lowest BCUT2D eigenvalue weighted by molar-refractivity contribution is -0.137. The van der Waals surface area contributed by atoms with Gasteiger partial charge in [-0.1, -0.05) is 13.3 Å². The summed E-state index contributed by atoms with van der Waals surface area (Å²) in [6.07, 6.45) is 0.950. The molecule has 3 N–H and O–H groups in total. The van der Waals surface area contributed by atoms with Crippen LogP contribution >= 0.6 is 0 Å². The van der Waals surface area contributed by atoms with Crippen molar-refractivity contribution in [3.8, 4) is 0 Å². The molecule has 0 aliphatic rings. The van der Waals surface area contributed by atoms with Crippen molar-refractivity contribution in [1.82, 2.24) is 5.43 Å². The highest BCUT2D eigenvalue weighted by atomic mass is 16.6. The molecule has 0 radical (unpaired) electrons. The van der Waals surface area contributed by atoms with Gasteiger partial charge in [0.25, 0.3) is 0 Å². The number of nitrogens with two attached hydrogens (primary N) is 1. The lowest BCUT2D eigenvalue weighted by Gasteiger charge is -1.99. The maximum atomic E-state index is 10.6. The number of carbonyl (C=O) groups is 2. The number of amides is 1. The van der Waals surface area contributed by atoms with Crippen LogP contribution in [0.25, 0.3) is 0 Å². The lowest BCUT2D eigenvalue weighted by Crippen LogP contribution is -2.32. The van der Waals surface area contributed by atoms with Crippen LogP contribution in [0.2, 0.25) is 0 Å². The number of hydrogen-bond donors (Lipinski definition) is 2. The summed E-state index contributed by atoms with van der Waals surface area (Å²) in [6, 6.07) is 0. The topological polar surface area (TPSA) is 81.4 Å². The molecule has 0 atom stereocenters. The molecule has 0 fully saturated rings. The molecule has 0 spiro atoms. The highest BCUT2D eigenvalue weighted by Crippen LogP contribution is 1.95. The first-order valence-corrected chi connectivity index (χ1v) is 3.42.